The highest BCUT2D eigenvalue weighted by atomic mass is 79.9. The van der Waals surface area contributed by atoms with Gasteiger partial charge in [-0.15, -0.1) is 22.9 Å². The van der Waals surface area contributed by atoms with Crippen molar-refractivity contribution in [2.75, 3.05) is 13.2 Å². The van der Waals surface area contributed by atoms with Gasteiger partial charge in [0.25, 0.3) is 5.91 Å². The predicted octanol–water partition coefficient (Wildman–Crippen LogP) is 2.25. The number of nitrogens with one attached hydrogen (secondary N) is 1. The smallest absolute Gasteiger partial charge is 0.261 e. The molecule has 82 valence electrons. The molecule has 0 saturated carbocycles. The van der Waals surface area contributed by atoms with Crippen molar-refractivity contribution >= 4 is 44.8 Å². The molecule has 15 heavy (non-hydrogen) atoms. The van der Waals surface area contributed by atoms with Crippen molar-refractivity contribution in [1.82, 2.24) is 5.32 Å². The van der Waals surface area contributed by atoms with Crippen molar-refractivity contribution in [2.45, 2.75) is 11.4 Å². The van der Waals surface area contributed by atoms with E-state index in [1.54, 1.807) is 6.07 Å². The van der Waals surface area contributed by atoms with Crippen LogP contribution in [0.3, 0.4) is 0 Å². The number of carbonyl (C=O) groups is 1. The zero-order valence-electron chi connectivity index (χ0n) is 7.70. The fraction of sp³-hybridized carbons (Fsp3) is 0.444. The van der Waals surface area contributed by atoms with Crippen LogP contribution >= 0.6 is 38.9 Å². The van der Waals surface area contributed by atoms with E-state index in [4.69, 9.17) is 16.3 Å². The summed E-state index contributed by atoms with van der Waals surface area (Å²) in [6.07, 6.45) is 0. The van der Waals surface area contributed by atoms with Gasteiger partial charge in [-0.05, 0) is 28.1 Å². The molecular weight excluding hydrogens is 302 g/mol. The maximum atomic E-state index is 11.7. The van der Waals surface area contributed by atoms with E-state index in [2.05, 4.69) is 21.2 Å². The molecule has 1 aliphatic heterocycles. The van der Waals surface area contributed by atoms with Crippen molar-refractivity contribution in [1.29, 1.82) is 0 Å². The van der Waals surface area contributed by atoms with Crippen molar-refractivity contribution in [3.05, 3.63) is 20.8 Å². The molecule has 0 aliphatic carbocycles. The highest BCUT2D eigenvalue weighted by Gasteiger charge is 2.28. The molecule has 2 rings (SSSR count). The number of ether oxygens (including phenoxy) is 1. The molecule has 0 radical (unpaired) electrons. The first-order valence-corrected chi connectivity index (χ1v) is 6.49. The molecule has 1 amide bonds. The lowest BCUT2D eigenvalue weighted by Gasteiger charge is -2.12. The number of hydrogen-bond acceptors (Lipinski definition) is 3. The minimum atomic E-state index is -0.127. The van der Waals surface area contributed by atoms with Crippen LogP contribution in [0.2, 0.25) is 0 Å². The molecule has 0 spiro atoms. The maximum absolute atomic E-state index is 11.7. The highest BCUT2D eigenvalue weighted by molar-refractivity contribution is 9.11. The standard InChI is InChI=1S/C9H9BrClNO2S/c10-8-2-1-7(15-8)9(13)12-6-4-14-3-5(6)11/h1-2,5-6H,3-4H2,(H,12,13). The molecule has 2 unspecified atom stereocenters. The van der Waals surface area contributed by atoms with Gasteiger partial charge in [-0.25, -0.2) is 0 Å². The van der Waals surface area contributed by atoms with Gasteiger partial charge in [0.05, 0.1) is 33.3 Å². The largest absolute Gasteiger partial charge is 0.378 e. The van der Waals surface area contributed by atoms with Crippen LogP contribution < -0.4 is 5.32 Å². The summed E-state index contributed by atoms with van der Waals surface area (Å²) in [5, 5.41) is 2.72. The zero-order valence-corrected chi connectivity index (χ0v) is 10.9. The molecule has 0 aromatic carbocycles. The van der Waals surface area contributed by atoms with Crippen LogP contribution in [0, 0.1) is 0 Å². The molecule has 0 bridgehead atoms. The molecule has 1 fully saturated rings. The van der Waals surface area contributed by atoms with Gasteiger partial charge in [0.15, 0.2) is 0 Å². The normalized spacial score (nSPS) is 25.5. The Kier molecular flexibility index (Phi) is 3.66. The van der Waals surface area contributed by atoms with E-state index in [-0.39, 0.29) is 17.3 Å². The second-order valence-electron chi connectivity index (χ2n) is 3.24. The predicted molar refractivity (Wildman–Crippen MR) is 63.7 cm³/mol. The van der Waals surface area contributed by atoms with Crippen LogP contribution in [0.5, 0.6) is 0 Å². The first kappa shape index (κ1) is 11.4. The average molecular weight is 311 g/mol. The summed E-state index contributed by atoms with van der Waals surface area (Å²) in [7, 11) is 0. The average Bonchev–Trinajstić information content (AvgIpc) is 2.77. The second kappa shape index (κ2) is 4.82. The van der Waals surface area contributed by atoms with Crippen LogP contribution in [0.25, 0.3) is 0 Å². The molecule has 1 aliphatic rings. The Hall–Kier alpha value is -0.100. The third-order valence-corrected chi connectivity index (χ3v) is 4.18. The Morgan fingerprint density at radius 2 is 2.40 bits per heavy atom. The highest BCUT2D eigenvalue weighted by Crippen LogP contribution is 2.22. The monoisotopic (exact) mass is 309 g/mol. The van der Waals surface area contributed by atoms with Gasteiger partial charge in [-0.2, -0.15) is 0 Å². The molecule has 3 nitrogen and oxygen atoms in total. The number of alkyl halides is 1. The number of amides is 1. The van der Waals surface area contributed by atoms with Crippen LogP contribution in [-0.2, 0) is 4.74 Å². The summed E-state index contributed by atoms with van der Waals surface area (Å²) in [6.45, 7) is 0.993. The molecule has 6 heteroatoms. The number of halogens is 2. The van der Waals surface area contributed by atoms with E-state index < -0.39 is 0 Å². The second-order valence-corrected chi connectivity index (χ2v) is 6.26. The van der Waals surface area contributed by atoms with Crippen molar-refractivity contribution in [3.63, 3.8) is 0 Å². The molecule has 1 N–H and O–H groups in total. The Morgan fingerprint density at radius 1 is 1.60 bits per heavy atom. The lowest BCUT2D eigenvalue weighted by Crippen LogP contribution is -2.40. The zero-order chi connectivity index (χ0) is 10.8. The summed E-state index contributed by atoms with van der Waals surface area (Å²) in [5.41, 5.74) is 0. The van der Waals surface area contributed by atoms with E-state index in [0.29, 0.717) is 18.1 Å². The molecule has 2 atom stereocenters. The van der Waals surface area contributed by atoms with Crippen LogP contribution in [0.1, 0.15) is 9.67 Å². The minimum absolute atomic E-state index is 0.0833. The number of carbonyl (C=O) groups excluding carboxylic acids is 1. The van der Waals surface area contributed by atoms with Crippen molar-refractivity contribution < 1.29 is 9.53 Å². The van der Waals surface area contributed by atoms with Gasteiger partial charge in [0, 0.05) is 0 Å². The Morgan fingerprint density at radius 3 is 2.93 bits per heavy atom. The summed E-state index contributed by atoms with van der Waals surface area (Å²) in [4.78, 5) is 12.4. The summed E-state index contributed by atoms with van der Waals surface area (Å²) in [6, 6.07) is 3.55. The first-order chi connectivity index (χ1) is 7.16. The van der Waals surface area contributed by atoms with Crippen molar-refractivity contribution in [3.8, 4) is 0 Å². The quantitative estimate of drug-likeness (QED) is 0.851. The Balaban J connectivity index is 1.97. The Labute approximate surface area is 105 Å². The van der Waals surface area contributed by atoms with Gasteiger partial charge in [-0.3, -0.25) is 4.79 Å². The van der Waals surface area contributed by atoms with E-state index in [0.717, 1.165) is 3.79 Å². The fourth-order valence-corrected chi connectivity index (χ4v) is 2.85. The van der Waals surface area contributed by atoms with Gasteiger partial charge in [0.1, 0.15) is 0 Å². The molecular formula is C9H9BrClNO2S. The third kappa shape index (κ3) is 2.72. The molecule has 2 heterocycles. The topological polar surface area (TPSA) is 38.3 Å². The Bertz CT molecular complexity index is 371. The summed E-state index contributed by atoms with van der Waals surface area (Å²) >= 11 is 10.7. The van der Waals surface area contributed by atoms with Gasteiger partial charge >= 0.3 is 0 Å². The third-order valence-electron chi connectivity index (χ3n) is 2.12. The van der Waals surface area contributed by atoms with Crippen LogP contribution in [0.4, 0.5) is 0 Å². The molecule has 1 aromatic rings. The van der Waals surface area contributed by atoms with Crippen molar-refractivity contribution in [2.24, 2.45) is 0 Å². The lowest BCUT2D eigenvalue weighted by atomic mass is 10.2. The van der Waals surface area contributed by atoms with Gasteiger partial charge in [0.2, 0.25) is 0 Å². The van der Waals surface area contributed by atoms with E-state index in [1.807, 2.05) is 6.07 Å². The lowest BCUT2D eigenvalue weighted by molar-refractivity contribution is 0.0934. The van der Waals surface area contributed by atoms with E-state index in [1.165, 1.54) is 11.3 Å². The molecule has 1 aromatic heterocycles. The van der Waals surface area contributed by atoms with Crippen LogP contribution in [-0.4, -0.2) is 30.5 Å². The first-order valence-electron chi connectivity index (χ1n) is 4.45. The summed E-state index contributed by atoms with van der Waals surface area (Å²) < 4.78 is 6.10. The van der Waals surface area contributed by atoms with Gasteiger partial charge < -0.3 is 10.1 Å². The maximum Gasteiger partial charge on any atom is 0.261 e. The minimum Gasteiger partial charge on any atom is -0.378 e. The van der Waals surface area contributed by atoms with Crippen LogP contribution in [0.15, 0.2) is 15.9 Å². The SMILES string of the molecule is O=C(NC1COCC1Cl)c1ccc(Br)s1. The fourth-order valence-electron chi connectivity index (χ4n) is 1.34. The number of thiophene rings is 1. The summed E-state index contributed by atoms with van der Waals surface area (Å²) in [5.74, 6) is -0.0909. The number of hydrogen-bond donors (Lipinski definition) is 1. The van der Waals surface area contributed by atoms with E-state index >= 15 is 0 Å². The number of rotatable bonds is 2. The van der Waals surface area contributed by atoms with E-state index in [9.17, 15) is 4.79 Å². The molecule has 1 saturated heterocycles. The van der Waals surface area contributed by atoms with Gasteiger partial charge in [-0.1, -0.05) is 0 Å².